The van der Waals surface area contributed by atoms with Gasteiger partial charge in [-0.1, -0.05) is 35.9 Å². The number of amides is 1. The number of aromatic nitrogens is 3. The Labute approximate surface area is 151 Å². The Morgan fingerprint density at radius 1 is 1.08 bits per heavy atom. The second kappa shape index (κ2) is 8.20. The van der Waals surface area contributed by atoms with E-state index in [1.54, 1.807) is 24.4 Å². The van der Waals surface area contributed by atoms with Gasteiger partial charge in [0.25, 0.3) is 5.56 Å². The van der Waals surface area contributed by atoms with Gasteiger partial charge in [0.05, 0.1) is 5.69 Å². The number of benzene rings is 1. The average molecular weight is 348 g/mol. The molecule has 0 aliphatic rings. The van der Waals surface area contributed by atoms with Crippen molar-refractivity contribution in [3.63, 3.8) is 0 Å². The van der Waals surface area contributed by atoms with Crippen molar-refractivity contribution in [3.8, 4) is 11.3 Å². The molecule has 0 aliphatic carbocycles. The van der Waals surface area contributed by atoms with Crippen molar-refractivity contribution >= 4 is 11.7 Å². The molecule has 1 amide bonds. The Hall–Kier alpha value is -3.28. The highest BCUT2D eigenvalue weighted by molar-refractivity contribution is 5.89. The zero-order valence-electron chi connectivity index (χ0n) is 14.6. The topological polar surface area (TPSA) is 76.9 Å². The summed E-state index contributed by atoms with van der Waals surface area (Å²) in [4.78, 5) is 28.0. The Kier molecular flexibility index (Phi) is 5.53. The fourth-order valence-corrected chi connectivity index (χ4v) is 2.52. The van der Waals surface area contributed by atoms with Gasteiger partial charge in [-0.05, 0) is 31.5 Å². The lowest BCUT2D eigenvalue weighted by Crippen LogP contribution is -2.23. The predicted molar refractivity (Wildman–Crippen MR) is 101 cm³/mol. The summed E-state index contributed by atoms with van der Waals surface area (Å²) in [6.07, 6.45) is 2.43. The molecular weight excluding hydrogens is 328 g/mol. The molecule has 0 saturated heterocycles. The normalized spacial score (nSPS) is 10.5. The van der Waals surface area contributed by atoms with Crippen LogP contribution in [-0.2, 0) is 11.3 Å². The molecule has 6 nitrogen and oxygen atoms in total. The van der Waals surface area contributed by atoms with Crippen LogP contribution in [-0.4, -0.2) is 20.7 Å². The molecule has 0 spiro atoms. The van der Waals surface area contributed by atoms with Crippen molar-refractivity contribution in [1.29, 1.82) is 0 Å². The van der Waals surface area contributed by atoms with Crippen molar-refractivity contribution in [2.75, 3.05) is 5.32 Å². The van der Waals surface area contributed by atoms with E-state index in [1.807, 2.05) is 37.3 Å². The SMILES string of the molecule is Cc1ccc(-c2ccc(=O)n(CCCC(=O)Nc3ccccn3)n2)cc1. The van der Waals surface area contributed by atoms with Gasteiger partial charge in [0.15, 0.2) is 0 Å². The number of nitrogens with zero attached hydrogens (tertiary/aromatic N) is 3. The first-order valence-electron chi connectivity index (χ1n) is 8.48. The summed E-state index contributed by atoms with van der Waals surface area (Å²) < 4.78 is 1.41. The maximum atomic E-state index is 12.0. The standard InChI is InChI=1S/C20H20N4O2/c1-15-7-9-16(10-8-15)17-11-12-20(26)24(23-17)14-4-6-19(25)22-18-5-2-3-13-21-18/h2-3,5,7-13H,4,6,14H2,1H3,(H,21,22,25). The van der Waals surface area contributed by atoms with E-state index in [0.717, 1.165) is 11.3 Å². The van der Waals surface area contributed by atoms with Crippen molar-refractivity contribution in [1.82, 2.24) is 14.8 Å². The molecule has 0 bridgehead atoms. The third-order valence-corrected chi connectivity index (χ3v) is 3.92. The molecular formula is C20H20N4O2. The van der Waals surface area contributed by atoms with E-state index < -0.39 is 0 Å². The zero-order valence-corrected chi connectivity index (χ0v) is 14.6. The second-order valence-corrected chi connectivity index (χ2v) is 6.01. The highest BCUT2D eigenvalue weighted by Crippen LogP contribution is 2.15. The van der Waals surface area contributed by atoms with Gasteiger partial charge in [0.2, 0.25) is 5.91 Å². The van der Waals surface area contributed by atoms with Crippen molar-refractivity contribution < 1.29 is 4.79 Å². The van der Waals surface area contributed by atoms with E-state index in [2.05, 4.69) is 15.4 Å². The van der Waals surface area contributed by atoms with E-state index >= 15 is 0 Å². The minimum Gasteiger partial charge on any atom is -0.311 e. The molecule has 0 saturated carbocycles. The number of hydrogen-bond donors (Lipinski definition) is 1. The number of carbonyl (C=O) groups is 1. The molecule has 1 aromatic carbocycles. The van der Waals surface area contributed by atoms with Gasteiger partial charge >= 0.3 is 0 Å². The fraction of sp³-hybridized carbons (Fsp3) is 0.200. The van der Waals surface area contributed by atoms with Gasteiger partial charge in [-0.3, -0.25) is 9.59 Å². The van der Waals surface area contributed by atoms with Crippen LogP contribution in [0.2, 0.25) is 0 Å². The largest absolute Gasteiger partial charge is 0.311 e. The molecule has 26 heavy (non-hydrogen) atoms. The van der Waals surface area contributed by atoms with Crippen LogP contribution in [0.5, 0.6) is 0 Å². The second-order valence-electron chi connectivity index (χ2n) is 6.01. The van der Waals surface area contributed by atoms with Crippen LogP contribution in [0.25, 0.3) is 11.3 Å². The summed E-state index contributed by atoms with van der Waals surface area (Å²) in [7, 11) is 0. The maximum Gasteiger partial charge on any atom is 0.266 e. The first-order chi connectivity index (χ1) is 12.6. The number of rotatable bonds is 6. The van der Waals surface area contributed by atoms with Crippen molar-refractivity contribution in [2.45, 2.75) is 26.3 Å². The lowest BCUT2D eigenvalue weighted by atomic mass is 10.1. The third kappa shape index (κ3) is 4.63. The average Bonchev–Trinajstić information content (AvgIpc) is 2.65. The number of pyridine rings is 1. The Balaban J connectivity index is 1.61. The number of carbonyl (C=O) groups excluding carboxylic acids is 1. The molecule has 0 fully saturated rings. The molecule has 6 heteroatoms. The summed E-state index contributed by atoms with van der Waals surface area (Å²) in [5.74, 6) is 0.389. The number of hydrogen-bond acceptors (Lipinski definition) is 4. The van der Waals surface area contributed by atoms with Gasteiger partial charge in [-0.2, -0.15) is 5.10 Å². The maximum absolute atomic E-state index is 12.0. The van der Waals surface area contributed by atoms with Crippen molar-refractivity contribution in [3.05, 3.63) is 76.7 Å². The Bertz CT molecular complexity index is 934. The summed E-state index contributed by atoms with van der Waals surface area (Å²) in [5, 5.41) is 7.14. The van der Waals surface area contributed by atoms with Crippen LogP contribution < -0.4 is 10.9 Å². The molecule has 132 valence electrons. The van der Waals surface area contributed by atoms with E-state index in [0.29, 0.717) is 25.2 Å². The molecule has 1 N–H and O–H groups in total. The molecule has 0 unspecified atom stereocenters. The van der Waals surface area contributed by atoms with E-state index in [9.17, 15) is 9.59 Å². The van der Waals surface area contributed by atoms with Crippen LogP contribution in [0, 0.1) is 6.92 Å². The van der Waals surface area contributed by atoms with E-state index in [4.69, 9.17) is 0 Å². The number of aryl methyl sites for hydroxylation is 2. The lowest BCUT2D eigenvalue weighted by Gasteiger charge is -2.08. The summed E-state index contributed by atoms with van der Waals surface area (Å²) >= 11 is 0. The monoisotopic (exact) mass is 348 g/mol. The lowest BCUT2D eigenvalue weighted by molar-refractivity contribution is -0.116. The highest BCUT2D eigenvalue weighted by atomic mass is 16.1. The molecule has 2 heterocycles. The summed E-state index contributed by atoms with van der Waals surface area (Å²) in [5.41, 5.74) is 2.69. The van der Waals surface area contributed by atoms with Gasteiger partial charge in [-0.25, -0.2) is 9.67 Å². The molecule has 3 aromatic rings. The van der Waals surface area contributed by atoms with Gasteiger partial charge in [-0.15, -0.1) is 0 Å². The van der Waals surface area contributed by atoms with Crippen molar-refractivity contribution in [2.24, 2.45) is 0 Å². The van der Waals surface area contributed by atoms with Gasteiger partial charge in [0.1, 0.15) is 5.82 Å². The molecule has 0 atom stereocenters. The number of anilines is 1. The van der Waals surface area contributed by atoms with Crippen LogP contribution >= 0.6 is 0 Å². The predicted octanol–water partition coefficient (Wildman–Crippen LogP) is 3.03. The van der Waals surface area contributed by atoms with Crippen LogP contribution in [0.1, 0.15) is 18.4 Å². The Morgan fingerprint density at radius 2 is 1.88 bits per heavy atom. The van der Waals surface area contributed by atoms with Gasteiger partial charge in [0, 0.05) is 30.8 Å². The molecule has 0 aliphatic heterocycles. The van der Waals surface area contributed by atoms with Gasteiger partial charge < -0.3 is 5.32 Å². The molecule has 0 radical (unpaired) electrons. The first-order valence-corrected chi connectivity index (χ1v) is 8.48. The first kappa shape index (κ1) is 17.5. The smallest absolute Gasteiger partial charge is 0.266 e. The minimum atomic E-state index is -0.175. The quantitative estimate of drug-likeness (QED) is 0.743. The third-order valence-electron chi connectivity index (χ3n) is 3.92. The summed E-state index contributed by atoms with van der Waals surface area (Å²) in [6, 6.07) is 16.5. The van der Waals surface area contributed by atoms with Crippen LogP contribution in [0.4, 0.5) is 5.82 Å². The number of nitrogens with one attached hydrogen (secondary N) is 1. The Morgan fingerprint density at radius 3 is 2.62 bits per heavy atom. The summed E-state index contributed by atoms with van der Waals surface area (Å²) in [6.45, 7) is 2.41. The zero-order chi connectivity index (χ0) is 18.4. The van der Waals surface area contributed by atoms with Crippen LogP contribution in [0.3, 0.4) is 0 Å². The molecule has 2 aromatic heterocycles. The van der Waals surface area contributed by atoms with E-state index in [-0.39, 0.29) is 11.5 Å². The van der Waals surface area contributed by atoms with E-state index in [1.165, 1.54) is 16.3 Å². The van der Waals surface area contributed by atoms with Crippen LogP contribution in [0.15, 0.2) is 65.6 Å². The highest BCUT2D eigenvalue weighted by Gasteiger charge is 2.06. The fourth-order valence-electron chi connectivity index (χ4n) is 2.52. The minimum absolute atomic E-state index is 0.133. The molecule has 3 rings (SSSR count).